The highest BCUT2D eigenvalue weighted by atomic mass is 16.5. The molecule has 0 bridgehead atoms. The van der Waals surface area contributed by atoms with Gasteiger partial charge in [-0.15, -0.1) is 0 Å². The average molecular weight is 341 g/mol. The Hall–Kier alpha value is -2.41. The first-order valence-electron chi connectivity index (χ1n) is 8.64. The largest absolute Gasteiger partial charge is 0.377 e. The number of aromatic nitrogens is 4. The molecule has 0 N–H and O–H groups in total. The van der Waals surface area contributed by atoms with Gasteiger partial charge in [-0.3, -0.25) is 4.79 Å². The van der Waals surface area contributed by atoms with Crippen LogP contribution >= 0.6 is 0 Å². The van der Waals surface area contributed by atoms with Crippen molar-refractivity contribution in [3.8, 4) is 0 Å². The van der Waals surface area contributed by atoms with Gasteiger partial charge in [0.2, 0.25) is 0 Å². The number of carbonyl (C=O) groups is 1. The first kappa shape index (κ1) is 17.4. The Labute approximate surface area is 147 Å². The number of hydrogen-bond acceptors (Lipinski definition) is 6. The molecule has 1 amide bonds. The first-order valence-corrected chi connectivity index (χ1v) is 8.64. The van der Waals surface area contributed by atoms with Gasteiger partial charge in [0.25, 0.3) is 5.91 Å². The molecule has 0 atom stereocenters. The Morgan fingerprint density at radius 1 is 1.32 bits per heavy atom. The molecule has 7 heteroatoms. The number of carbonyl (C=O) groups excluding carboxylic acids is 1. The molecule has 132 valence electrons. The second-order valence-electron chi connectivity index (χ2n) is 6.13. The predicted octanol–water partition coefficient (Wildman–Crippen LogP) is 2.13. The lowest BCUT2D eigenvalue weighted by Gasteiger charge is -2.32. The van der Waals surface area contributed by atoms with Gasteiger partial charge in [0, 0.05) is 43.6 Å². The normalized spacial score (nSPS) is 15.4. The minimum Gasteiger partial charge on any atom is -0.377 e. The summed E-state index contributed by atoms with van der Waals surface area (Å²) in [4.78, 5) is 31.2. The van der Waals surface area contributed by atoms with Crippen LogP contribution in [0.25, 0.3) is 0 Å². The molecule has 1 aliphatic rings. The molecule has 7 nitrogen and oxygen atoms in total. The summed E-state index contributed by atoms with van der Waals surface area (Å²) in [5, 5.41) is 0. The van der Waals surface area contributed by atoms with Crippen molar-refractivity contribution in [3.63, 3.8) is 0 Å². The van der Waals surface area contributed by atoms with Crippen molar-refractivity contribution in [2.24, 2.45) is 0 Å². The summed E-state index contributed by atoms with van der Waals surface area (Å²) in [6.07, 6.45) is 6.63. The number of ether oxygens (including phenoxy) is 1. The van der Waals surface area contributed by atoms with Gasteiger partial charge in [0.15, 0.2) is 0 Å². The van der Waals surface area contributed by atoms with Gasteiger partial charge in [0.1, 0.15) is 17.8 Å². The van der Waals surface area contributed by atoms with E-state index in [1.165, 1.54) is 6.33 Å². The molecule has 0 radical (unpaired) electrons. The topological polar surface area (TPSA) is 81.1 Å². The third kappa shape index (κ3) is 4.17. The zero-order chi connectivity index (χ0) is 17.6. The molecule has 1 saturated heterocycles. The van der Waals surface area contributed by atoms with Crippen molar-refractivity contribution in [2.75, 3.05) is 19.7 Å². The van der Waals surface area contributed by atoms with E-state index in [9.17, 15) is 4.79 Å². The van der Waals surface area contributed by atoms with Gasteiger partial charge >= 0.3 is 0 Å². The van der Waals surface area contributed by atoms with Crippen molar-refractivity contribution in [1.29, 1.82) is 0 Å². The van der Waals surface area contributed by atoms with Crippen molar-refractivity contribution < 1.29 is 9.53 Å². The molecule has 3 heterocycles. The summed E-state index contributed by atoms with van der Waals surface area (Å²) in [5.41, 5.74) is 2.56. The van der Waals surface area contributed by atoms with Crippen molar-refractivity contribution in [2.45, 2.75) is 39.2 Å². The molecule has 3 rings (SSSR count). The van der Waals surface area contributed by atoms with E-state index in [2.05, 4.69) is 19.9 Å². The van der Waals surface area contributed by atoms with Crippen LogP contribution < -0.4 is 0 Å². The van der Waals surface area contributed by atoms with E-state index in [1.54, 1.807) is 12.3 Å². The monoisotopic (exact) mass is 341 g/mol. The lowest BCUT2D eigenvalue weighted by Crippen LogP contribution is -2.38. The highest BCUT2D eigenvalue weighted by molar-refractivity contribution is 5.92. The maximum Gasteiger partial charge on any atom is 0.272 e. The van der Waals surface area contributed by atoms with Crippen LogP contribution in [0.15, 0.2) is 24.8 Å². The second-order valence-corrected chi connectivity index (χ2v) is 6.13. The fourth-order valence-electron chi connectivity index (χ4n) is 3.12. The Morgan fingerprint density at radius 3 is 2.80 bits per heavy atom. The van der Waals surface area contributed by atoms with Crippen LogP contribution in [-0.2, 0) is 11.3 Å². The SMILES string of the molecule is CCOCc1cnc(C)nc1C1CCN(C(=O)c2ccncn2)CC1. The molecular weight excluding hydrogens is 318 g/mol. The van der Waals surface area contributed by atoms with Crippen LogP contribution in [0, 0.1) is 6.92 Å². The van der Waals surface area contributed by atoms with Crippen LogP contribution in [0.1, 0.15) is 53.3 Å². The summed E-state index contributed by atoms with van der Waals surface area (Å²) in [7, 11) is 0. The zero-order valence-electron chi connectivity index (χ0n) is 14.7. The molecule has 0 aromatic carbocycles. The fourth-order valence-corrected chi connectivity index (χ4v) is 3.12. The van der Waals surface area contributed by atoms with Gasteiger partial charge in [0.05, 0.1) is 12.3 Å². The van der Waals surface area contributed by atoms with Gasteiger partial charge in [-0.25, -0.2) is 19.9 Å². The van der Waals surface area contributed by atoms with Crippen molar-refractivity contribution in [1.82, 2.24) is 24.8 Å². The number of piperidine rings is 1. The first-order chi connectivity index (χ1) is 12.2. The van der Waals surface area contributed by atoms with Crippen LogP contribution in [-0.4, -0.2) is 50.4 Å². The summed E-state index contributed by atoms with van der Waals surface area (Å²) in [6, 6.07) is 1.66. The molecular formula is C18H23N5O2. The van der Waals surface area contributed by atoms with Crippen molar-refractivity contribution >= 4 is 5.91 Å². The highest BCUT2D eigenvalue weighted by Gasteiger charge is 2.27. The maximum absolute atomic E-state index is 12.5. The van der Waals surface area contributed by atoms with E-state index < -0.39 is 0 Å². The molecule has 0 spiro atoms. The quantitative estimate of drug-likeness (QED) is 0.829. The van der Waals surface area contributed by atoms with E-state index >= 15 is 0 Å². The summed E-state index contributed by atoms with van der Waals surface area (Å²) in [5.74, 6) is 1.07. The fraction of sp³-hybridized carbons (Fsp3) is 0.500. The highest BCUT2D eigenvalue weighted by Crippen LogP contribution is 2.29. The minimum atomic E-state index is -0.0331. The van der Waals surface area contributed by atoms with Gasteiger partial charge in [-0.1, -0.05) is 0 Å². The molecule has 0 unspecified atom stereocenters. The minimum absolute atomic E-state index is 0.0331. The molecule has 25 heavy (non-hydrogen) atoms. The molecule has 2 aromatic rings. The van der Waals surface area contributed by atoms with E-state index in [-0.39, 0.29) is 5.91 Å². The molecule has 1 fully saturated rings. The lowest BCUT2D eigenvalue weighted by molar-refractivity contribution is 0.0704. The van der Waals surface area contributed by atoms with E-state index in [0.717, 1.165) is 29.9 Å². The van der Waals surface area contributed by atoms with E-state index in [0.29, 0.717) is 37.9 Å². The predicted molar refractivity (Wildman–Crippen MR) is 92.0 cm³/mol. The number of likely N-dealkylation sites (tertiary alicyclic amines) is 1. The number of rotatable bonds is 5. The number of aryl methyl sites for hydroxylation is 1. The van der Waals surface area contributed by atoms with Crippen molar-refractivity contribution in [3.05, 3.63) is 47.6 Å². The van der Waals surface area contributed by atoms with E-state index in [4.69, 9.17) is 4.74 Å². The molecule has 0 aliphatic carbocycles. The Bertz CT molecular complexity index is 715. The standard InChI is InChI=1S/C18H23N5O2/c1-3-25-11-15-10-20-13(2)22-17(15)14-5-8-23(9-6-14)18(24)16-4-7-19-12-21-16/h4,7,10,12,14H,3,5-6,8-9,11H2,1-2H3. The molecule has 2 aromatic heterocycles. The lowest BCUT2D eigenvalue weighted by atomic mass is 9.90. The Balaban J connectivity index is 1.68. The third-order valence-corrected chi connectivity index (χ3v) is 4.45. The van der Waals surface area contributed by atoms with Crippen LogP contribution in [0.5, 0.6) is 0 Å². The van der Waals surface area contributed by atoms with Crippen LogP contribution in [0.3, 0.4) is 0 Å². The van der Waals surface area contributed by atoms with Crippen LogP contribution in [0.4, 0.5) is 0 Å². The van der Waals surface area contributed by atoms with Gasteiger partial charge in [-0.2, -0.15) is 0 Å². The van der Waals surface area contributed by atoms with Crippen LogP contribution in [0.2, 0.25) is 0 Å². The summed E-state index contributed by atoms with van der Waals surface area (Å²) < 4.78 is 5.55. The Morgan fingerprint density at radius 2 is 2.12 bits per heavy atom. The second kappa shape index (κ2) is 8.11. The zero-order valence-corrected chi connectivity index (χ0v) is 14.7. The summed E-state index contributed by atoms with van der Waals surface area (Å²) in [6.45, 7) is 6.48. The average Bonchev–Trinajstić information content (AvgIpc) is 2.67. The number of hydrogen-bond donors (Lipinski definition) is 0. The van der Waals surface area contributed by atoms with E-state index in [1.807, 2.05) is 24.9 Å². The Kier molecular flexibility index (Phi) is 5.65. The number of amides is 1. The molecule has 1 aliphatic heterocycles. The molecule has 0 saturated carbocycles. The van der Waals surface area contributed by atoms with Gasteiger partial charge < -0.3 is 9.64 Å². The summed E-state index contributed by atoms with van der Waals surface area (Å²) >= 11 is 0. The third-order valence-electron chi connectivity index (χ3n) is 4.45. The number of nitrogens with zero attached hydrogens (tertiary/aromatic N) is 5. The van der Waals surface area contributed by atoms with Gasteiger partial charge in [-0.05, 0) is 32.8 Å². The maximum atomic E-state index is 12.5. The smallest absolute Gasteiger partial charge is 0.272 e.